The lowest BCUT2D eigenvalue weighted by Crippen LogP contribution is -1.96. The van der Waals surface area contributed by atoms with E-state index in [1.807, 2.05) is 0 Å². The quantitative estimate of drug-likeness (QED) is 0.600. The monoisotopic (exact) mass is 185 g/mol. The van der Waals surface area contributed by atoms with Crippen molar-refractivity contribution in [2.45, 2.75) is 4.90 Å². The molecule has 0 amide bonds. The first-order valence-electron chi connectivity index (χ1n) is 3.08. The number of hydrogen-bond acceptors (Lipinski definition) is 4. The molecule has 0 saturated carbocycles. The van der Waals surface area contributed by atoms with E-state index >= 15 is 0 Å². The number of carbonyl (C=O) groups is 1. The van der Waals surface area contributed by atoms with Gasteiger partial charge in [0.15, 0.2) is 0 Å². The summed E-state index contributed by atoms with van der Waals surface area (Å²) in [5, 5.41) is 22.9. The van der Waals surface area contributed by atoms with Gasteiger partial charge in [-0.3, -0.25) is 5.14 Å². The smallest absolute Gasteiger partial charge is 0.339 e. The van der Waals surface area contributed by atoms with Gasteiger partial charge in [0.1, 0.15) is 11.3 Å². The minimum Gasteiger partial charge on any atom is -0.507 e. The van der Waals surface area contributed by atoms with E-state index in [1.54, 1.807) is 0 Å². The van der Waals surface area contributed by atoms with Gasteiger partial charge in [0.25, 0.3) is 0 Å². The summed E-state index contributed by atoms with van der Waals surface area (Å²) in [6.45, 7) is 0. The third-order valence-electron chi connectivity index (χ3n) is 1.34. The van der Waals surface area contributed by atoms with Gasteiger partial charge in [0, 0.05) is 4.90 Å². The Morgan fingerprint density at radius 3 is 2.58 bits per heavy atom. The van der Waals surface area contributed by atoms with Crippen LogP contribution < -0.4 is 5.14 Å². The molecule has 12 heavy (non-hydrogen) atoms. The van der Waals surface area contributed by atoms with E-state index in [4.69, 9.17) is 15.4 Å². The van der Waals surface area contributed by atoms with E-state index < -0.39 is 5.97 Å². The molecule has 0 aliphatic carbocycles. The fourth-order valence-electron chi connectivity index (χ4n) is 0.766. The molecule has 0 radical (unpaired) electrons. The number of carboxylic acids is 1. The minimum absolute atomic E-state index is 0.118. The highest BCUT2D eigenvalue weighted by atomic mass is 32.2. The summed E-state index contributed by atoms with van der Waals surface area (Å²) in [7, 11) is 0. The number of hydrogen-bond donors (Lipinski definition) is 3. The average molecular weight is 185 g/mol. The Hall–Kier alpha value is -1.20. The topological polar surface area (TPSA) is 83.6 Å². The lowest BCUT2D eigenvalue weighted by atomic mass is 10.2. The van der Waals surface area contributed by atoms with Crippen molar-refractivity contribution >= 4 is 17.9 Å². The SMILES string of the molecule is NSc1ccc(C(=O)O)c(O)c1. The molecule has 0 atom stereocenters. The molecule has 0 aromatic heterocycles. The second-order valence-electron chi connectivity index (χ2n) is 2.10. The number of benzene rings is 1. The summed E-state index contributed by atoms with van der Waals surface area (Å²) in [4.78, 5) is 11.0. The first kappa shape index (κ1) is 8.89. The van der Waals surface area contributed by atoms with Crippen LogP contribution in [0.4, 0.5) is 0 Å². The van der Waals surface area contributed by atoms with Gasteiger partial charge in [-0.1, -0.05) is 0 Å². The Balaban J connectivity index is 3.12. The number of carboxylic acid groups (broad SMARTS) is 1. The van der Waals surface area contributed by atoms with Crippen LogP contribution in [0.2, 0.25) is 0 Å². The summed E-state index contributed by atoms with van der Waals surface area (Å²) in [5.41, 5.74) is -0.118. The fraction of sp³-hybridized carbons (Fsp3) is 0. The van der Waals surface area contributed by atoms with Crippen LogP contribution in [0.5, 0.6) is 5.75 Å². The normalized spacial score (nSPS) is 9.75. The summed E-state index contributed by atoms with van der Waals surface area (Å²) < 4.78 is 0. The standard InChI is InChI=1S/C7H7NO3S/c8-12-4-1-2-5(7(10)11)6(9)3-4/h1-3,9H,8H2,(H,10,11). The van der Waals surface area contributed by atoms with Gasteiger partial charge in [-0.05, 0) is 30.1 Å². The molecule has 1 aromatic carbocycles. The van der Waals surface area contributed by atoms with Crippen LogP contribution in [0.25, 0.3) is 0 Å². The Labute approximate surface area is 73.1 Å². The van der Waals surface area contributed by atoms with E-state index in [2.05, 4.69) is 0 Å². The summed E-state index contributed by atoms with van der Waals surface area (Å²) in [5.74, 6) is -1.42. The van der Waals surface area contributed by atoms with Crippen molar-refractivity contribution in [1.29, 1.82) is 0 Å². The molecule has 0 fully saturated rings. The highest BCUT2D eigenvalue weighted by molar-refractivity contribution is 7.97. The van der Waals surface area contributed by atoms with Crippen LogP contribution in [-0.2, 0) is 0 Å². The Morgan fingerprint density at radius 2 is 2.17 bits per heavy atom. The molecule has 1 rings (SSSR count). The molecule has 5 heteroatoms. The third kappa shape index (κ3) is 1.69. The van der Waals surface area contributed by atoms with Crippen molar-refractivity contribution in [3.63, 3.8) is 0 Å². The zero-order valence-electron chi connectivity index (χ0n) is 6.02. The van der Waals surface area contributed by atoms with Crippen molar-refractivity contribution in [3.05, 3.63) is 23.8 Å². The van der Waals surface area contributed by atoms with E-state index in [0.717, 1.165) is 11.9 Å². The molecule has 0 spiro atoms. The Kier molecular flexibility index (Phi) is 2.57. The molecule has 1 aromatic rings. The van der Waals surface area contributed by atoms with Crippen LogP contribution in [0.3, 0.4) is 0 Å². The van der Waals surface area contributed by atoms with Crippen molar-refractivity contribution in [3.8, 4) is 5.75 Å². The number of phenols is 1. The van der Waals surface area contributed by atoms with Gasteiger partial charge >= 0.3 is 5.97 Å². The maximum atomic E-state index is 10.4. The van der Waals surface area contributed by atoms with Gasteiger partial charge in [-0.2, -0.15) is 0 Å². The molecule has 4 nitrogen and oxygen atoms in total. The lowest BCUT2D eigenvalue weighted by molar-refractivity contribution is 0.0693. The van der Waals surface area contributed by atoms with Crippen LogP contribution in [0.1, 0.15) is 10.4 Å². The maximum absolute atomic E-state index is 10.4. The molecule has 0 aliphatic rings. The average Bonchev–Trinajstić information content (AvgIpc) is 2.03. The van der Waals surface area contributed by atoms with Crippen molar-refractivity contribution in [2.24, 2.45) is 5.14 Å². The molecular weight excluding hydrogens is 178 g/mol. The zero-order valence-corrected chi connectivity index (χ0v) is 6.84. The van der Waals surface area contributed by atoms with Gasteiger partial charge in [0.05, 0.1) is 0 Å². The van der Waals surface area contributed by atoms with Crippen LogP contribution in [0, 0.1) is 0 Å². The second-order valence-corrected chi connectivity index (χ2v) is 2.81. The van der Waals surface area contributed by atoms with Gasteiger partial charge in [-0.25, -0.2) is 4.79 Å². The van der Waals surface area contributed by atoms with Crippen LogP contribution >= 0.6 is 11.9 Å². The fourth-order valence-corrected chi connectivity index (χ4v) is 1.09. The van der Waals surface area contributed by atoms with Crippen LogP contribution in [-0.4, -0.2) is 16.2 Å². The largest absolute Gasteiger partial charge is 0.507 e. The first-order chi connectivity index (χ1) is 5.65. The predicted octanol–water partition coefficient (Wildman–Crippen LogP) is 1.06. The molecule has 0 saturated heterocycles. The van der Waals surface area contributed by atoms with Gasteiger partial charge in [-0.15, -0.1) is 0 Å². The van der Waals surface area contributed by atoms with Crippen LogP contribution in [0.15, 0.2) is 23.1 Å². The van der Waals surface area contributed by atoms with Crippen molar-refractivity contribution in [1.82, 2.24) is 0 Å². The first-order valence-corrected chi connectivity index (χ1v) is 3.96. The molecule has 0 bridgehead atoms. The second kappa shape index (κ2) is 3.46. The minimum atomic E-state index is -1.15. The van der Waals surface area contributed by atoms with E-state index in [9.17, 15) is 4.79 Å². The molecule has 0 unspecified atom stereocenters. The number of rotatable bonds is 2. The molecule has 0 heterocycles. The third-order valence-corrected chi connectivity index (χ3v) is 1.86. The highest BCUT2D eigenvalue weighted by Crippen LogP contribution is 2.22. The molecule has 0 aliphatic heterocycles. The summed E-state index contributed by atoms with van der Waals surface area (Å²) in [6.07, 6.45) is 0. The predicted molar refractivity (Wildman–Crippen MR) is 45.1 cm³/mol. The molecule has 64 valence electrons. The van der Waals surface area contributed by atoms with Crippen molar-refractivity contribution in [2.75, 3.05) is 0 Å². The van der Waals surface area contributed by atoms with Gasteiger partial charge in [0.2, 0.25) is 0 Å². The van der Waals surface area contributed by atoms with E-state index in [0.29, 0.717) is 4.90 Å². The van der Waals surface area contributed by atoms with Gasteiger partial charge < -0.3 is 10.2 Å². The lowest BCUT2D eigenvalue weighted by Gasteiger charge is -2.00. The highest BCUT2D eigenvalue weighted by Gasteiger charge is 2.08. The van der Waals surface area contributed by atoms with Crippen molar-refractivity contribution < 1.29 is 15.0 Å². The van der Waals surface area contributed by atoms with E-state index in [1.165, 1.54) is 18.2 Å². The maximum Gasteiger partial charge on any atom is 0.339 e. The van der Waals surface area contributed by atoms with E-state index in [-0.39, 0.29) is 11.3 Å². The number of nitrogens with two attached hydrogens (primary N) is 1. The summed E-state index contributed by atoms with van der Waals surface area (Å²) in [6, 6.07) is 4.16. The zero-order chi connectivity index (χ0) is 9.14. The molecule has 4 N–H and O–H groups in total. The Morgan fingerprint density at radius 1 is 1.50 bits per heavy atom. The number of aromatic hydroxyl groups is 1. The molecular formula is C7H7NO3S. The number of aromatic carboxylic acids is 1. The summed E-state index contributed by atoms with van der Waals surface area (Å²) >= 11 is 0.950. The Bertz CT molecular complexity index is 314.